The first-order chi connectivity index (χ1) is 10.9. The van der Waals surface area contributed by atoms with Crippen molar-refractivity contribution in [3.05, 3.63) is 30.1 Å². The number of nitrogens with two attached hydrogens (primary N) is 1. The van der Waals surface area contributed by atoms with Crippen LogP contribution in [0, 0.1) is 11.7 Å². The molecule has 9 heteroatoms. The average Bonchev–Trinajstić information content (AvgIpc) is 2.55. The fourth-order valence-electron chi connectivity index (χ4n) is 2.59. The SMILES string of the molecule is Cl.NCCCNC(=O)C1CCCN(S(=O)(=O)c2ccc(F)cc2)C1. The van der Waals surface area contributed by atoms with E-state index in [4.69, 9.17) is 5.73 Å². The predicted molar refractivity (Wildman–Crippen MR) is 91.8 cm³/mol. The molecule has 6 nitrogen and oxygen atoms in total. The number of amides is 1. The van der Waals surface area contributed by atoms with Crippen LogP contribution in [0.3, 0.4) is 0 Å². The first kappa shape index (κ1) is 20.8. The smallest absolute Gasteiger partial charge is 0.243 e. The number of halogens is 2. The lowest BCUT2D eigenvalue weighted by Crippen LogP contribution is -2.45. The molecule has 0 aliphatic carbocycles. The van der Waals surface area contributed by atoms with Gasteiger partial charge in [0.1, 0.15) is 5.82 Å². The second-order valence-electron chi connectivity index (χ2n) is 5.59. The highest BCUT2D eigenvalue weighted by molar-refractivity contribution is 7.89. The van der Waals surface area contributed by atoms with Gasteiger partial charge in [0.2, 0.25) is 15.9 Å². The second-order valence-corrected chi connectivity index (χ2v) is 7.53. The molecule has 0 aromatic heterocycles. The average molecular weight is 380 g/mol. The first-order valence-corrected chi connectivity index (χ1v) is 9.12. The maximum absolute atomic E-state index is 13.0. The Hall–Kier alpha value is -1.22. The molecule has 1 atom stereocenters. The minimum absolute atomic E-state index is 0. The van der Waals surface area contributed by atoms with Gasteiger partial charge in [-0.05, 0) is 50.1 Å². The normalized spacial score (nSPS) is 18.7. The monoisotopic (exact) mass is 379 g/mol. The lowest BCUT2D eigenvalue weighted by atomic mass is 9.99. The lowest BCUT2D eigenvalue weighted by molar-refractivity contribution is -0.126. The molecule has 1 amide bonds. The van der Waals surface area contributed by atoms with E-state index in [1.54, 1.807) is 0 Å². The molecule has 0 bridgehead atoms. The number of nitrogens with zero attached hydrogens (tertiary/aromatic N) is 1. The number of hydrogen-bond acceptors (Lipinski definition) is 4. The van der Waals surface area contributed by atoms with Crippen LogP contribution in [0.1, 0.15) is 19.3 Å². The third kappa shape index (κ3) is 5.14. The van der Waals surface area contributed by atoms with Gasteiger partial charge in [-0.15, -0.1) is 12.4 Å². The highest BCUT2D eigenvalue weighted by Crippen LogP contribution is 2.24. The van der Waals surface area contributed by atoms with Crippen molar-refractivity contribution >= 4 is 28.3 Å². The van der Waals surface area contributed by atoms with E-state index in [9.17, 15) is 17.6 Å². The van der Waals surface area contributed by atoms with E-state index in [2.05, 4.69) is 5.32 Å². The maximum Gasteiger partial charge on any atom is 0.243 e. The Morgan fingerprint density at radius 3 is 2.62 bits per heavy atom. The minimum atomic E-state index is -3.70. The number of benzene rings is 1. The highest BCUT2D eigenvalue weighted by atomic mass is 35.5. The van der Waals surface area contributed by atoms with Crippen LogP contribution in [0.15, 0.2) is 29.2 Å². The number of piperidine rings is 1. The molecule has 1 aliphatic heterocycles. The Morgan fingerprint density at radius 1 is 1.33 bits per heavy atom. The zero-order valence-electron chi connectivity index (χ0n) is 13.3. The summed E-state index contributed by atoms with van der Waals surface area (Å²) in [4.78, 5) is 12.1. The molecule has 0 saturated carbocycles. The summed E-state index contributed by atoms with van der Waals surface area (Å²) in [5, 5.41) is 2.78. The molecule has 136 valence electrons. The van der Waals surface area contributed by atoms with E-state index >= 15 is 0 Å². The zero-order valence-corrected chi connectivity index (χ0v) is 14.9. The quantitative estimate of drug-likeness (QED) is 0.724. The summed E-state index contributed by atoms with van der Waals surface area (Å²) in [6.07, 6.45) is 1.97. The van der Waals surface area contributed by atoms with Gasteiger partial charge in [-0.3, -0.25) is 4.79 Å². The summed E-state index contributed by atoms with van der Waals surface area (Å²) in [5.41, 5.74) is 5.38. The van der Waals surface area contributed by atoms with Gasteiger partial charge in [0.05, 0.1) is 10.8 Å². The van der Waals surface area contributed by atoms with Crippen molar-refractivity contribution in [1.82, 2.24) is 9.62 Å². The molecule has 0 radical (unpaired) electrons. The van der Waals surface area contributed by atoms with Gasteiger partial charge in [0.15, 0.2) is 0 Å². The number of carbonyl (C=O) groups is 1. The molecule has 1 aliphatic rings. The van der Waals surface area contributed by atoms with Crippen molar-refractivity contribution in [2.45, 2.75) is 24.2 Å². The lowest BCUT2D eigenvalue weighted by Gasteiger charge is -2.31. The highest BCUT2D eigenvalue weighted by Gasteiger charge is 2.33. The van der Waals surface area contributed by atoms with Gasteiger partial charge in [-0.2, -0.15) is 4.31 Å². The topological polar surface area (TPSA) is 92.5 Å². The Labute approximate surface area is 148 Å². The van der Waals surface area contributed by atoms with Gasteiger partial charge in [0, 0.05) is 19.6 Å². The summed E-state index contributed by atoms with van der Waals surface area (Å²) >= 11 is 0. The molecule has 1 aromatic rings. The molecule has 1 aromatic carbocycles. The molecule has 2 rings (SSSR count). The van der Waals surface area contributed by atoms with E-state index in [0.29, 0.717) is 38.9 Å². The number of sulfonamides is 1. The van der Waals surface area contributed by atoms with E-state index in [1.165, 1.54) is 16.4 Å². The summed E-state index contributed by atoms with van der Waals surface area (Å²) < 4.78 is 39.4. The third-order valence-corrected chi connectivity index (χ3v) is 5.77. The van der Waals surface area contributed by atoms with Crippen LogP contribution >= 0.6 is 12.4 Å². The van der Waals surface area contributed by atoms with Gasteiger partial charge >= 0.3 is 0 Å². The molecule has 1 heterocycles. The van der Waals surface area contributed by atoms with E-state index in [0.717, 1.165) is 12.1 Å². The van der Waals surface area contributed by atoms with Crippen LogP contribution in [0.4, 0.5) is 4.39 Å². The Balaban J connectivity index is 0.00000288. The fourth-order valence-corrected chi connectivity index (χ4v) is 4.11. The summed E-state index contributed by atoms with van der Waals surface area (Å²) in [6, 6.07) is 4.73. The maximum atomic E-state index is 13.0. The van der Waals surface area contributed by atoms with Crippen LogP contribution in [0.5, 0.6) is 0 Å². The van der Waals surface area contributed by atoms with Crippen molar-refractivity contribution in [2.75, 3.05) is 26.2 Å². The van der Waals surface area contributed by atoms with E-state index in [-0.39, 0.29) is 35.7 Å². The van der Waals surface area contributed by atoms with Gasteiger partial charge in [0.25, 0.3) is 0 Å². The van der Waals surface area contributed by atoms with Crippen molar-refractivity contribution < 1.29 is 17.6 Å². The van der Waals surface area contributed by atoms with Crippen molar-refractivity contribution in [1.29, 1.82) is 0 Å². The standard InChI is InChI=1S/C15H22FN3O3S.ClH/c16-13-4-6-14(7-5-13)23(21,22)19-10-1-3-12(11-19)15(20)18-9-2-8-17;/h4-7,12H,1-3,8-11,17H2,(H,18,20);1H. The van der Waals surface area contributed by atoms with E-state index < -0.39 is 15.8 Å². The molecule has 24 heavy (non-hydrogen) atoms. The second kappa shape index (κ2) is 9.31. The fraction of sp³-hybridized carbons (Fsp3) is 0.533. The van der Waals surface area contributed by atoms with Gasteiger partial charge in [-0.25, -0.2) is 12.8 Å². The molecule has 0 spiro atoms. The van der Waals surface area contributed by atoms with Crippen LogP contribution in [-0.4, -0.2) is 44.8 Å². The summed E-state index contributed by atoms with van der Waals surface area (Å²) in [7, 11) is -3.70. The van der Waals surface area contributed by atoms with Crippen molar-refractivity contribution in [3.63, 3.8) is 0 Å². The Bertz CT molecular complexity index is 640. The van der Waals surface area contributed by atoms with Crippen LogP contribution in [0.25, 0.3) is 0 Å². The minimum Gasteiger partial charge on any atom is -0.356 e. The Kier molecular flexibility index (Phi) is 8.08. The summed E-state index contributed by atoms with van der Waals surface area (Å²) in [5.74, 6) is -0.992. The number of rotatable bonds is 6. The van der Waals surface area contributed by atoms with Crippen molar-refractivity contribution in [3.8, 4) is 0 Å². The van der Waals surface area contributed by atoms with Gasteiger partial charge < -0.3 is 11.1 Å². The molecule has 1 saturated heterocycles. The number of hydrogen-bond donors (Lipinski definition) is 2. The van der Waals surface area contributed by atoms with Crippen LogP contribution < -0.4 is 11.1 Å². The van der Waals surface area contributed by atoms with E-state index in [1.807, 2.05) is 0 Å². The summed E-state index contributed by atoms with van der Waals surface area (Å²) in [6.45, 7) is 1.51. The molecule has 3 N–H and O–H groups in total. The third-order valence-electron chi connectivity index (χ3n) is 3.89. The van der Waals surface area contributed by atoms with Crippen molar-refractivity contribution in [2.24, 2.45) is 11.7 Å². The predicted octanol–water partition coefficient (Wildman–Crippen LogP) is 1.11. The molecular weight excluding hydrogens is 357 g/mol. The van der Waals surface area contributed by atoms with Gasteiger partial charge in [-0.1, -0.05) is 0 Å². The molecule has 1 unspecified atom stereocenters. The Morgan fingerprint density at radius 2 is 2.00 bits per heavy atom. The first-order valence-electron chi connectivity index (χ1n) is 7.68. The molecule has 1 fully saturated rings. The van der Waals surface area contributed by atoms with Crippen LogP contribution in [-0.2, 0) is 14.8 Å². The number of nitrogens with one attached hydrogen (secondary N) is 1. The number of carbonyl (C=O) groups excluding carboxylic acids is 1. The largest absolute Gasteiger partial charge is 0.356 e. The van der Waals surface area contributed by atoms with Crippen LogP contribution in [0.2, 0.25) is 0 Å². The molecular formula is C15H23ClFN3O3S. The zero-order chi connectivity index (χ0) is 16.9.